The van der Waals surface area contributed by atoms with Crippen molar-refractivity contribution >= 4 is 11.8 Å². The van der Waals surface area contributed by atoms with E-state index in [1.54, 1.807) is 12.1 Å². The lowest BCUT2D eigenvalue weighted by Crippen LogP contribution is -2.16. The monoisotopic (exact) mass is 307 g/mol. The van der Waals surface area contributed by atoms with Crippen LogP contribution in [0.25, 0.3) is 0 Å². The molecule has 0 amide bonds. The van der Waals surface area contributed by atoms with Gasteiger partial charge in [0.15, 0.2) is 5.16 Å². The molecule has 0 aliphatic rings. The van der Waals surface area contributed by atoms with Crippen LogP contribution in [-0.2, 0) is 12.3 Å². The highest BCUT2D eigenvalue weighted by Crippen LogP contribution is 2.21. The summed E-state index contributed by atoms with van der Waals surface area (Å²) in [4.78, 5) is 11.4. The summed E-state index contributed by atoms with van der Waals surface area (Å²) in [6.07, 6.45) is 0. The van der Waals surface area contributed by atoms with E-state index in [4.69, 9.17) is 5.11 Å². The van der Waals surface area contributed by atoms with Crippen molar-refractivity contribution in [2.75, 3.05) is 6.61 Å². The van der Waals surface area contributed by atoms with E-state index in [2.05, 4.69) is 22.0 Å². The van der Waals surface area contributed by atoms with Gasteiger partial charge in [-0.1, -0.05) is 29.7 Å². The van der Waals surface area contributed by atoms with Gasteiger partial charge in [-0.2, -0.15) is 0 Å². The fourth-order valence-corrected chi connectivity index (χ4v) is 2.69. The summed E-state index contributed by atoms with van der Waals surface area (Å²) < 4.78 is 15.1. The lowest BCUT2D eigenvalue weighted by Gasteiger charge is -2.04. The lowest BCUT2D eigenvalue weighted by atomic mass is 10.1. The molecule has 1 aromatic heterocycles. The number of rotatable bonds is 4. The molecular weight excluding hydrogens is 293 g/mol. The standard InChI is InChI=1S/C14H14FN3O2S/c1-2-18-13(20)16-17-14(18)21-9-10-5-6-12(15)11(8-10)4-3-7-19/h5-6,8,19H,2,7,9H2,1H3,(H,16,20). The van der Waals surface area contributed by atoms with E-state index in [-0.39, 0.29) is 17.9 Å². The van der Waals surface area contributed by atoms with Gasteiger partial charge in [-0.3, -0.25) is 4.57 Å². The Morgan fingerprint density at radius 2 is 2.33 bits per heavy atom. The number of benzene rings is 1. The first kappa shape index (κ1) is 15.4. The van der Waals surface area contributed by atoms with Crippen molar-refractivity contribution in [2.45, 2.75) is 24.4 Å². The summed E-state index contributed by atoms with van der Waals surface area (Å²) in [5, 5.41) is 15.6. The van der Waals surface area contributed by atoms with Crippen molar-refractivity contribution in [3.63, 3.8) is 0 Å². The number of hydrogen-bond donors (Lipinski definition) is 2. The first-order valence-corrected chi connectivity index (χ1v) is 7.30. The summed E-state index contributed by atoms with van der Waals surface area (Å²) in [6, 6.07) is 4.63. The van der Waals surface area contributed by atoms with Gasteiger partial charge in [0.2, 0.25) is 0 Å². The summed E-state index contributed by atoms with van der Waals surface area (Å²) in [6.45, 7) is 2.09. The second-order valence-corrected chi connectivity index (χ2v) is 5.06. The van der Waals surface area contributed by atoms with Crippen molar-refractivity contribution in [1.29, 1.82) is 0 Å². The number of H-pyrrole nitrogens is 1. The van der Waals surface area contributed by atoms with E-state index < -0.39 is 5.82 Å². The Morgan fingerprint density at radius 1 is 1.52 bits per heavy atom. The molecule has 2 N–H and O–H groups in total. The fourth-order valence-electron chi connectivity index (χ4n) is 1.73. The lowest BCUT2D eigenvalue weighted by molar-refractivity contribution is 0.350. The van der Waals surface area contributed by atoms with E-state index in [0.29, 0.717) is 17.5 Å². The molecule has 110 valence electrons. The molecule has 0 fully saturated rings. The molecule has 5 nitrogen and oxygen atoms in total. The third-order valence-electron chi connectivity index (χ3n) is 2.74. The minimum atomic E-state index is -0.421. The van der Waals surface area contributed by atoms with E-state index in [1.165, 1.54) is 22.4 Å². The van der Waals surface area contributed by atoms with Gasteiger partial charge >= 0.3 is 5.69 Å². The second kappa shape index (κ2) is 7.11. The molecule has 0 atom stereocenters. The Morgan fingerprint density at radius 3 is 3.05 bits per heavy atom. The maximum Gasteiger partial charge on any atom is 0.343 e. The normalized spacial score (nSPS) is 10.2. The van der Waals surface area contributed by atoms with E-state index >= 15 is 0 Å². The number of hydrogen-bond acceptors (Lipinski definition) is 4. The Balaban J connectivity index is 2.15. The van der Waals surface area contributed by atoms with Crippen LogP contribution in [0.1, 0.15) is 18.1 Å². The highest BCUT2D eigenvalue weighted by molar-refractivity contribution is 7.98. The Labute approximate surface area is 125 Å². The predicted octanol–water partition coefficient (Wildman–Crippen LogP) is 1.37. The number of halogens is 1. The highest BCUT2D eigenvalue weighted by Gasteiger charge is 2.08. The van der Waals surface area contributed by atoms with Gasteiger partial charge in [0, 0.05) is 12.3 Å². The van der Waals surface area contributed by atoms with E-state index in [9.17, 15) is 9.18 Å². The van der Waals surface area contributed by atoms with Crippen LogP contribution in [0.2, 0.25) is 0 Å². The number of thioether (sulfide) groups is 1. The third kappa shape index (κ3) is 3.74. The second-order valence-electron chi connectivity index (χ2n) is 4.12. The molecule has 0 spiro atoms. The molecule has 0 aliphatic heterocycles. The van der Waals surface area contributed by atoms with Crippen LogP contribution < -0.4 is 5.69 Å². The van der Waals surface area contributed by atoms with Gasteiger partial charge in [0.25, 0.3) is 0 Å². The van der Waals surface area contributed by atoms with Gasteiger partial charge in [0.1, 0.15) is 12.4 Å². The molecule has 0 unspecified atom stereocenters. The van der Waals surface area contributed by atoms with Crippen LogP contribution in [0.4, 0.5) is 4.39 Å². The van der Waals surface area contributed by atoms with Crippen LogP contribution in [-0.4, -0.2) is 26.5 Å². The Kier molecular flexibility index (Phi) is 5.20. The number of nitrogens with zero attached hydrogens (tertiary/aromatic N) is 2. The molecule has 1 aromatic carbocycles. The maximum atomic E-state index is 13.5. The minimum absolute atomic E-state index is 0.242. The highest BCUT2D eigenvalue weighted by atomic mass is 32.2. The summed E-state index contributed by atoms with van der Waals surface area (Å²) in [5.41, 5.74) is 0.868. The number of aliphatic hydroxyl groups excluding tert-OH is 1. The molecule has 7 heteroatoms. The average Bonchev–Trinajstić information content (AvgIpc) is 2.85. The smallest absolute Gasteiger partial charge is 0.343 e. The number of aromatic amines is 1. The van der Waals surface area contributed by atoms with Crippen molar-refractivity contribution in [2.24, 2.45) is 0 Å². The number of nitrogens with one attached hydrogen (secondary N) is 1. The topological polar surface area (TPSA) is 70.9 Å². The van der Waals surface area contributed by atoms with Gasteiger partial charge in [0.05, 0.1) is 5.56 Å². The van der Waals surface area contributed by atoms with Gasteiger partial charge in [-0.05, 0) is 24.6 Å². The molecule has 2 aromatic rings. The summed E-state index contributed by atoms with van der Waals surface area (Å²) in [7, 11) is 0. The third-order valence-corrected chi connectivity index (χ3v) is 3.79. The fraction of sp³-hybridized carbons (Fsp3) is 0.286. The van der Waals surface area contributed by atoms with Crippen LogP contribution >= 0.6 is 11.8 Å². The van der Waals surface area contributed by atoms with Crippen molar-refractivity contribution in [3.05, 3.63) is 45.6 Å². The van der Waals surface area contributed by atoms with Gasteiger partial charge in [-0.25, -0.2) is 14.3 Å². The zero-order chi connectivity index (χ0) is 15.2. The van der Waals surface area contributed by atoms with Gasteiger partial charge < -0.3 is 5.11 Å². The molecule has 0 bridgehead atoms. The molecule has 2 rings (SSSR count). The van der Waals surface area contributed by atoms with Crippen molar-refractivity contribution < 1.29 is 9.50 Å². The molecule has 0 aliphatic carbocycles. The van der Waals surface area contributed by atoms with Crippen LogP contribution in [0, 0.1) is 17.7 Å². The molecule has 0 radical (unpaired) electrons. The van der Waals surface area contributed by atoms with Crippen LogP contribution in [0.5, 0.6) is 0 Å². The van der Waals surface area contributed by atoms with Crippen LogP contribution in [0.15, 0.2) is 28.2 Å². The first-order valence-electron chi connectivity index (χ1n) is 6.32. The molecule has 1 heterocycles. The Hall–Kier alpha value is -2.04. The summed E-state index contributed by atoms with van der Waals surface area (Å²) >= 11 is 1.38. The van der Waals surface area contributed by atoms with Crippen LogP contribution in [0.3, 0.4) is 0 Å². The number of aliphatic hydroxyl groups is 1. The maximum absolute atomic E-state index is 13.5. The zero-order valence-electron chi connectivity index (χ0n) is 11.4. The molecule has 0 saturated carbocycles. The quantitative estimate of drug-likeness (QED) is 0.661. The SMILES string of the molecule is CCn1c(SCc2ccc(F)c(C#CCO)c2)n[nH]c1=O. The average molecular weight is 307 g/mol. The number of aromatic nitrogens is 3. The largest absolute Gasteiger partial charge is 0.384 e. The first-order chi connectivity index (χ1) is 10.2. The van der Waals surface area contributed by atoms with E-state index in [0.717, 1.165) is 5.56 Å². The minimum Gasteiger partial charge on any atom is -0.384 e. The van der Waals surface area contributed by atoms with Gasteiger partial charge in [-0.15, -0.1) is 5.10 Å². The zero-order valence-corrected chi connectivity index (χ0v) is 12.2. The molecule has 21 heavy (non-hydrogen) atoms. The van der Waals surface area contributed by atoms with E-state index in [1.807, 2.05) is 6.92 Å². The van der Waals surface area contributed by atoms with Crippen molar-refractivity contribution in [3.8, 4) is 11.8 Å². The predicted molar refractivity (Wildman–Crippen MR) is 78.4 cm³/mol. The summed E-state index contributed by atoms with van der Waals surface area (Å²) in [5.74, 6) is 5.11. The molecular formula is C14H14FN3O2S. The van der Waals surface area contributed by atoms with Crippen molar-refractivity contribution in [1.82, 2.24) is 14.8 Å². The molecule has 0 saturated heterocycles. The Bertz CT molecular complexity index is 743.